The first kappa shape index (κ1) is 33.6. The highest BCUT2D eigenvalue weighted by atomic mass is 19.4. The number of aromatic nitrogens is 1. The minimum absolute atomic E-state index is 0.00759. The van der Waals surface area contributed by atoms with E-state index in [4.69, 9.17) is 18.9 Å². The Kier molecular flexibility index (Phi) is 10.6. The number of ether oxygens (including phenoxy) is 4. The van der Waals surface area contributed by atoms with Crippen LogP contribution in [0.4, 0.5) is 23.2 Å². The van der Waals surface area contributed by atoms with Gasteiger partial charge in [-0.25, -0.2) is 14.2 Å². The molecule has 2 aromatic rings. The highest BCUT2D eigenvalue weighted by Gasteiger charge is 2.45. The molecule has 44 heavy (non-hydrogen) atoms. The van der Waals surface area contributed by atoms with Crippen LogP contribution in [-0.2, 0) is 30.6 Å². The number of amides is 1. The molecule has 0 saturated heterocycles. The summed E-state index contributed by atoms with van der Waals surface area (Å²) in [7, 11) is 3.98. The lowest BCUT2D eigenvalue weighted by atomic mass is 9.82. The van der Waals surface area contributed by atoms with Crippen LogP contribution in [0, 0.1) is 17.7 Å². The molecule has 0 unspecified atom stereocenters. The number of esters is 1. The molecule has 2 fully saturated rings. The molecular formula is C32H40F4N2O6. The summed E-state index contributed by atoms with van der Waals surface area (Å²) in [6, 6.07) is 2.10. The molecule has 1 aromatic heterocycles. The summed E-state index contributed by atoms with van der Waals surface area (Å²) < 4.78 is 79.3. The van der Waals surface area contributed by atoms with Crippen molar-refractivity contribution in [3.8, 4) is 11.6 Å². The van der Waals surface area contributed by atoms with E-state index in [1.807, 2.05) is 6.92 Å². The summed E-state index contributed by atoms with van der Waals surface area (Å²) in [5.74, 6) is -3.82. The van der Waals surface area contributed by atoms with Crippen LogP contribution in [0.3, 0.4) is 0 Å². The van der Waals surface area contributed by atoms with Crippen molar-refractivity contribution >= 4 is 17.6 Å². The summed E-state index contributed by atoms with van der Waals surface area (Å²) in [5.41, 5.74) is -1.46. The van der Waals surface area contributed by atoms with Gasteiger partial charge in [0, 0.05) is 38.5 Å². The van der Waals surface area contributed by atoms with Crippen LogP contribution in [-0.4, -0.2) is 57.4 Å². The first-order chi connectivity index (χ1) is 20.9. The maximum absolute atomic E-state index is 15.8. The van der Waals surface area contributed by atoms with Crippen molar-refractivity contribution in [1.82, 2.24) is 4.98 Å². The molecule has 1 aromatic carbocycles. The average molecular weight is 625 g/mol. The van der Waals surface area contributed by atoms with Crippen molar-refractivity contribution in [2.24, 2.45) is 11.8 Å². The molecule has 1 amide bonds. The van der Waals surface area contributed by atoms with Crippen LogP contribution in [0.2, 0.25) is 0 Å². The Bertz CT molecular complexity index is 1330. The number of hydrogen-bond donors (Lipinski definition) is 0. The molecular weight excluding hydrogens is 584 g/mol. The maximum atomic E-state index is 15.8. The lowest BCUT2D eigenvalue weighted by Gasteiger charge is -2.36. The standard InChI is InChI=1S/C32H40F4N2O6/c1-6-31(11-12-31)21-13-24(32(34,35)36)28(37-16-21)44-27-14-23(30(40)43-5)26(15-25(27)33)38(22(17-41-3)18-42-4)29(39)20-9-7-19(2)8-10-20/h13-16,19-20,22H,6-12,17-18H2,1-5H3/t19-,20-. The number of methoxy groups -OCH3 is 3. The van der Waals surface area contributed by atoms with Crippen LogP contribution < -0.4 is 9.64 Å². The fraction of sp³-hybridized carbons (Fsp3) is 0.594. The monoisotopic (exact) mass is 624 g/mol. The fourth-order valence-corrected chi connectivity index (χ4v) is 6.00. The molecule has 0 aliphatic heterocycles. The van der Waals surface area contributed by atoms with Crippen LogP contribution in [0.1, 0.15) is 80.3 Å². The number of carbonyl (C=O) groups excluding carboxylic acids is 2. The number of anilines is 1. The average Bonchev–Trinajstić information content (AvgIpc) is 3.79. The van der Waals surface area contributed by atoms with Gasteiger partial charge >= 0.3 is 12.1 Å². The van der Waals surface area contributed by atoms with Crippen LogP contribution in [0.5, 0.6) is 11.6 Å². The van der Waals surface area contributed by atoms with E-state index in [0.717, 1.165) is 51.0 Å². The second-order valence-corrected chi connectivity index (χ2v) is 11.8. The molecule has 0 radical (unpaired) electrons. The Morgan fingerprint density at radius 3 is 2.20 bits per heavy atom. The molecule has 1 heterocycles. The van der Waals surface area contributed by atoms with Crippen molar-refractivity contribution in [3.05, 3.63) is 46.9 Å². The second kappa shape index (κ2) is 13.8. The van der Waals surface area contributed by atoms with Gasteiger partial charge in [-0.1, -0.05) is 13.8 Å². The van der Waals surface area contributed by atoms with Gasteiger partial charge in [0.15, 0.2) is 11.6 Å². The van der Waals surface area contributed by atoms with Gasteiger partial charge in [0.2, 0.25) is 11.8 Å². The highest BCUT2D eigenvalue weighted by Crippen LogP contribution is 2.52. The smallest absolute Gasteiger partial charge is 0.421 e. The lowest BCUT2D eigenvalue weighted by Crippen LogP contribution is -2.49. The molecule has 242 valence electrons. The van der Waals surface area contributed by atoms with Gasteiger partial charge in [0.1, 0.15) is 5.56 Å². The first-order valence-corrected chi connectivity index (χ1v) is 14.9. The lowest BCUT2D eigenvalue weighted by molar-refractivity contribution is -0.139. The number of nitrogens with zero attached hydrogens (tertiary/aromatic N) is 2. The van der Waals surface area contributed by atoms with E-state index in [9.17, 15) is 22.8 Å². The van der Waals surface area contributed by atoms with E-state index in [1.54, 1.807) is 0 Å². The minimum Gasteiger partial charge on any atom is -0.465 e. The number of benzene rings is 1. The molecule has 0 atom stereocenters. The molecule has 4 rings (SSSR count). The minimum atomic E-state index is -4.84. The number of pyridine rings is 1. The van der Waals surface area contributed by atoms with E-state index >= 15 is 4.39 Å². The molecule has 2 saturated carbocycles. The summed E-state index contributed by atoms with van der Waals surface area (Å²) in [4.78, 5) is 32.3. The largest absolute Gasteiger partial charge is 0.465 e. The van der Waals surface area contributed by atoms with Gasteiger partial charge in [-0.2, -0.15) is 13.2 Å². The highest BCUT2D eigenvalue weighted by molar-refractivity contribution is 6.04. The Morgan fingerprint density at radius 2 is 1.68 bits per heavy atom. The van der Waals surface area contributed by atoms with Crippen molar-refractivity contribution in [2.75, 3.05) is 39.4 Å². The third-order valence-electron chi connectivity index (χ3n) is 8.91. The fourth-order valence-electron chi connectivity index (χ4n) is 6.00. The predicted octanol–water partition coefficient (Wildman–Crippen LogP) is 7.08. The van der Waals surface area contributed by atoms with Crippen LogP contribution in [0.15, 0.2) is 24.4 Å². The van der Waals surface area contributed by atoms with Gasteiger partial charge in [-0.05, 0) is 67.9 Å². The maximum Gasteiger partial charge on any atom is 0.421 e. The van der Waals surface area contributed by atoms with Gasteiger partial charge in [0.05, 0.1) is 37.6 Å². The van der Waals surface area contributed by atoms with Crippen molar-refractivity contribution < 1.29 is 46.1 Å². The van der Waals surface area contributed by atoms with E-state index < -0.39 is 41.2 Å². The third-order valence-corrected chi connectivity index (χ3v) is 8.91. The van der Waals surface area contributed by atoms with Gasteiger partial charge in [-0.15, -0.1) is 0 Å². The summed E-state index contributed by atoms with van der Waals surface area (Å²) in [6.07, 6.45) is 1.55. The summed E-state index contributed by atoms with van der Waals surface area (Å²) in [6.45, 7) is 4.03. The normalized spacial score (nSPS) is 19.5. The number of halogens is 4. The van der Waals surface area contributed by atoms with Gasteiger partial charge in [-0.3, -0.25) is 4.79 Å². The number of alkyl halides is 3. The zero-order chi connectivity index (χ0) is 32.2. The number of rotatable bonds is 12. The van der Waals surface area contributed by atoms with Crippen molar-refractivity contribution in [2.45, 2.75) is 76.4 Å². The summed E-state index contributed by atoms with van der Waals surface area (Å²) in [5, 5.41) is 0. The Balaban J connectivity index is 1.80. The molecule has 8 nitrogen and oxygen atoms in total. The van der Waals surface area contributed by atoms with E-state index in [1.165, 1.54) is 25.3 Å². The molecule has 2 aliphatic rings. The quantitative estimate of drug-likeness (QED) is 0.184. The molecule has 2 aliphatic carbocycles. The van der Waals surface area contributed by atoms with Gasteiger partial charge in [0.25, 0.3) is 0 Å². The van der Waals surface area contributed by atoms with Crippen LogP contribution in [0.25, 0.3) is 0 Å². The zero-order valence-corrected chi connectivity index (χ0v) is 25.8. The molecule has 0 spiro atoms. The SMILES string of the molecule is CCC1(c2cnc(Oc3cc(C(=O)OC)c(N(C(=O)[C@H]4CC[C@H](C)CC4)C(COC)COC)cc3F)c(C(F)(F)F)c2)CC1. The van der Waals surface area contributed by atoms with E-state index in [2.05, 4.69) is 11.9 Å². The van der Waals surface area contributed by atoms with Crippen molar-refractivity contribution in [1.29, 1.82) is 0 Å². The summed E-state index contributed by atoms with van der Waals surface area (Å²) >= 11 is 0. The van der Waals surface area contributed by atoms with Gasteiger partial charge < -0.3 is 23.8 Å². The zero-order valence-electron chi connectivity index (χ0n) is 25.8. The predicted molar refractivity (Wildman–Crippen MR) is 154 cm³/mol. The Hall–Kier alpha value is -3.25. The topological polar surface area (TPSA) is 87.2 Å². The van der Waals surface area contributed by atoms with Crippen molar-refractivity contribution in [3.63, 3.8) is 0 Å². The number of carbonyl (C=O) groups is 2. The Morgan fingerprint density at radius 1 is 1.05 bits per heavy atom. The third kappa shape index (κ3) is 7.17. The molecule has 0 N–H and O–H groups in total. The molecule has 12 heteroatoms. The number of hydrogen-bond acceptors (Lipinski definition) is 7. The van der Waals surface area contributed by atoms with E-state index in [-0.39, 0.29) is 41.7 Å². The first-order valence-electron chi connectivity index (χ1n) is 14.9. The van der Waals surface area contributed by atoms with E-state index in [0.29, 0.717) is 30.7 Å². The Labute approximate surface area is 255 Å². The molecule has 0 bridgehead atoms. The van der Waals surface area contributed by atoms with Crippen LogP contribution >= 0.6 is 0 Å². The second-order valence-electron chi connectivity index (χ2n) is 11.8.